The molecule has 0 bridgehead atoms. The number of aromatic nitrogens is 3. The second kappa shape index (κ2) is 11.3. The summed E-state index contributed by atoms with van der Waals surface area (Å²) in [5.41, 5.74) is 16.8. The first-order chi connectivity index (χ1) is 25.0. The molecule has 1 aliphatic rings. The van der Waals surface area contributed by atoms with E-state index in [9.17, 15) is 0 Å². The lowest BCUT2D eigenvalue weighted by Gasteiger charge is -2.25. The van der Waals surface area contributed by atoms with Crippen molar-refractivity contribution in [2.24, 2.45) is 0 Å². The fourth-order valence-electron chi connectivity index (χ4n) is 8.21. The first-order valence-corrected chi connectivity index (χ1v) is 17.5. The van der Waals surface area contributed by atoms with Gasteiger partial charge in [-0.05, 0) is 80.9 Å². The summed E-state index contributed by atoms with van der Waals surface area (Å²) < 4.78 is 0. The van der Waals surface area contributed by atoms with Crippen molar-refractivity contribution < 1.29 is 0 Å². The Morgan fingerprint density at radius 3 is 2.10 bits per heavy atom. The first kappa shape index (κ1) is 29.5. The molecule has 0 atom stereocenters. The normalized spacial score (nSPS) is 13.1. The van der Waals surface area contributed by atoms with Gasteiger partial charge in [-0.1, -0.05) is 135 Å². The van der Waals surface area contributed by atoms with Gasteiger partial charge in [-0.25, -0.2) is 9.97 Å². The highest BCUT2D eigenvalue weighted by molar-refractivity contribution is 6.11. The van der Waals surface area contributed by atoms with E-state index in [1.807, 2.05) is 18.3 Å². The molecule has 10 rings (SSSR count). The maximum absolute atomic E-state index is 5.23. The molecule has 9 aromatic rings. The lowest BCUT2D eigenvalue weighted by atomic mass is 9.78. The highest BCUT2D eigenvalue weighted by Crippen LogP contribution is 2.53. The summed E-state index contributed by atoms with van der Waals surface area (Å²) >= 11 is 0. The molecule has 51 heavy (non-hydrogen) atoms. The number of para-hydroxylation sites is 1. The van der Waals surface area contributed by atoms with Crippen molar-refractivity contribution in [2.75, 3.05) is 0 Å². The van der Waals surface area contributed by atoms with Crippen molar-refractivity contribution in [2.45, 2.75) is 19.3 Å². The number of hydrogen-bond donors (Lipinski definition) is 0. The molecule has 0 spiro atoms. The second-order valence-electron chi connectivity index (χ2n) is 14.0. The van der Waals surface area contributed by atoms with E-state index in [0.29, 0.717) is 0 Å². The average Bonchev–Trinajstić information content (AvgIpc) is 3.42. The van der Waals surface area contributed by atoms with Gasteiger partial charge in [0, 0.05) is 38.9 Å². The quantitative estimate of drug-likeness (QED) is 0.178. The van der Waals surface area contributed by atoms with Crippen molar-refractivity contribution in [1.82, 2.24) is 15.0 Å². The largest absolute Gasteiger partial charge is 0.254 e. The SMILES string of the molecule is CC1(C)c2ccccc2-c2nc3ccccc3c(-c3ccc(-c4cccc(-c5cc6cccnc6c6nc(-c7ccccc7)ccc56)c4)cc3)c21. The van der Waals surface area contributed by atoms with E-state index < -0.39 is 0 Å². The second-order valence-corrected chi connectivity index (χ2v) is 14.0. The number of nitrogens with zero attached hydrogens (tertiary/aromatic N) is 3. The van der Waals surface area contributed by atoms with Crippen LogP contribution < -0.4 is 0 Å². The van der Waals surface area contributed by atoms with Gasteiger partial charge in [0.15, 0.2) is 0 Å². The third kappa shape index (κ3) is 4.62. The van der Waals surface area contributed by atoms with Crippen molar-refractivity contribution in [3.05, 3.63) is 175 Å². The Hall–Kier alpha value is -6.45. The predicted molar refractivity (Wildman–Crippen MR) is 212 cm³/mol. The first-order valence-electron chi connectivity index (χ1n) is 17.5. The topological polar surface area (TPSA) is 38.7 Å². The molecular formula is C48H33N3. The van der Waals surface area contributed by atoms with Crippen LogP contribution in [0.15, 0.2) is 164 Å². The van der Waals surface area contributed by atoms with E-state index in [2.05, 4.69) is 159 Å². The van der Waals surface area contributed by atoms with Crippen molar-refractivity contribution in [3.8, 4) is 55.9 Å². The smallest absolute Gasteiger partial charge is 0.0978 e. The standard InChI is InChI=1S/C48H33N3/c1-48(2)40-19-8-6-17-37(40)46-44(48)43(38-18-7-9-20-42(38)51-46)32-23-21-30(22-24-32)33-14-10-15-34(28-33)39-29-35-16-11-27-49-45(35)47-36(39)25-26-41(50-47)31-12-4-3-5-13-31/h3-29H,1-2H3. The summed E-state index contributed by atoms with van der Waals surface area (Å²) in [7, 11) is 0. The molecule has 240 valence electrons. The maximum atomic E-state index is 5.23. The summed E-state index contributed by atoms with van der Waals surface area (Å²) in [5, 5.41) is 3.36. The van der Waals surface area contributed by atoms with Crippen LogP contribution >= 0.6 is 0 Å². The fraction of sp³-hybridized carbons (Fsp3) is 0.0625. The van der Waals surface area contributed by atoms with E-state index in [1.54, 1.807) is 0 Å². The lowest BCUT2D eigenvalue weighted by Crippen LogP contribution is -2.16. The number of hydrogen-bond acceptors (Lipinski definition) is 3. The minimum Gasteiger partial charge on any atom is -0.254 e. The van der Waals surface area contributed by atoms with Gasteiger partial charge in [-0.15, -0.1) is 0 Å². The van der Waals surface area contributed by atoms with Crippen LogP contribution in [-0.2, 0) is 5.41 Å². The number of rotatable bonds is 4. The van der Waals surface area contributed by atoms with Crippen LogP contribution in [0.25, 0.3) is 88.6 Å². The summed E-state index contributed by atoms with van der Waals surface area (Å²) in [6.07, 6.45) is 1.85. The van der Waals surface area contributed by atoms with Crippen molar-refractivity contribution >= 4 is 32.7 Å². The van der Waals surface area contributed by atoms with Gasteiger partial charge in [0.1, 0.15) is 0 Å². The molecule has 0 unspecified atom stereocenters. The van der Waals surface area contributed by atoms with Gasteiger partial charge in [0.2, 0.25) is 0 Å². The van der Waals surface area contributed by atoms with Crippen LogP contribution in [0.4, 0.5) is 0 Å². The Morgan fingerprint density at radius 2 is 1.22 bits per heavy atom. The highest BCUT2D eigenvalue weighted by Gasteiger charge is 2.39. The molecule has 3 heterocycles. The van der Waals surface area contributed by atoms with Gasteiger partial charge in [0.25, 0.3) is 0 Å². The average molecular weight is 652 g/mol. The van der Waals surface area contributed by atoms with E-state index >= 15 is 0 Å². The molecule has 1 aliphatic carbocycles. The maximum Gasteiger partial charge on any atom is 0.0978 e. The summed E-state index contributed by atoms with van der Waals surface area (Å²) in [6.45, 7) is 4.67. The van der Waals surface area contributed by atoms with Crippen LogP contribution in [0.2, 0.25) is 0 Å². The monoisotopic (exact) mass is 651 g/mol. The molecule has 6 aromatic carbocycles. The molecule has 3 nitrogen and oxygen atoms in total. The van der Waals surface area contributed by atoms with Crippen LogP contribution in [0, 0.1) is 0 Å². The Bertz CT molecular complexity index is 2820. The molecule has 0 radical (unpaired) electrons. The van der Waals surface area contributed by atoms with Gasteiger partial charge < -0.3 is 0 Å². The molecule has 0 saturated heterocycles. The van der Waals surface area contributed by atoms with E-state index in [-0.39, 0.29) is 5.41 Å². The molecule has 0 saturated carbocycles. The van der Waals surface area contributed by atoms with Crippen molar-refractivity contribution in [1.29, 1.82) is 0 Å². The zero-order valence-corrected chi connectivity index (χ0v) is 28.4. The van der Waals surface area contributed by atoms with Gasteiger partial charge in [-0.3, -0.25) is 4.98 Å². The minimum absolute atomic E-state index is 0.167. The highest BCUT2D eigenvalue weighted by atomic mass is 14.8. The van der Waals surface area contributed by atoms with Gasteiger partial charge in [0.05, 0.1) is 27.9 Å². The third-order valence-corrected chi connectivity index (χ3v) is 10.7. The number of pyridine rings is 3. The Morgan fingerprint density at radius 1 is 0.471 bits per heavy atom. The third-order valence-electron chi connectivity index (χ3n) is 10.7. The van der Waals surface area contributed by atoms with E-state index in [0.717, 1.165) is 55.4 Å². The zero-order chi connectivity index (χ0) is 34.1. The van der Waals surface area contributed by atoms with E-state index in [4.69, 9.17) is 15.0 Å². The van der Waals surface area contributed by atoms with Gasteiger partial charge in [-0.2, -0.15) is 0 Å². The van der Waals surface area contributed by atoms with Crippen LogP contribution in [-0.4, -0.2) is 15.0 Å². The minimum atomic E-state index is -0.167. The Kier molecular flexibility index (Phi) is 6.53. The molecule has 0 aliphatic heterocycles. The van der Waals surface area contributed by atoms with Crippen LogP contribution in [0.5, 0.6) is 0 Å². The van der Waals surface area contributed by atoms with Crippen LogP contribution in [0.1, 0.15) is 25.0 Å². The predicted octanol–water partition coefficient (Wildman–Crippen LogP) is 12.3. The molecule has 3 aromatic heterocycles. The molecule has 0 N–H and O–H groups in total. The summed E-state index contributed by atoms with van der Waals surface area (Å²) in [4.78, 5) is 15.2. The van der Waals surface area contributed by atoms with Crippen molar-refractivity contribution in [3.63, 3.8) is 0 Å². The molecule has 3 heteroatoms. The number of fused-ring (bicyclic) bond motifs is 7. The molecular weight excluding hydrogens is 619 g/mol. The number of benzene rings is 6. The Labute approximate surface area is 297 Å². The Balaban J connectivity index is 1.09. The lowest BCUT2D eigenvalue weighted by molar-refractivity contribution is 0.662. The van der Waals surface area contributed by atoms with E-state index in [1.165, 1.54) is 44.3 Å². The van der Waals surface area contributed by atoms with Crippen LogP contribution in [0.3, 0.4) is 0 Å². The summed E-state index contributed by atoms with van der Waals surface area (Å²) in [5.74, 6) is 0. The summed E-state index contributed by atoms with van der Waals surface area (Å²) in [6, 6.07) is 56.3. The van der Waals surface area contributed by atoms with Gasteiger partial charge >= 0.3 is 0 Å². The molecule has 0 amide bonds. The fourth-order valence-corrected chi connectivity index (χ4v) is 8.21. The zero-order valence-electron chi connectivity index (χ0n) is 28.4. The molecule has 0 fully saturated rings.